The summed E-state index contributed by atoms with van der Waals surface area (Å²) in [4.78, 5) is 15.3. The smallest absolute Gasteiger partial charge is 0.261 e. The van der Waals surface area contributed by atoms with Crippen LogP contribution in [0.1, 0.15) is 28.9 Å². The van der Waals surface area contributed by atoms with E-state index < -0.39 is 0 Å². The van der Waals surface area contributed by atoms with Crippen molar-refractivity contribution >= 4 is 33.2 Å². The second-order valence-electron chi connectivity index (χ2n) is 4.79. The minimum atomic E-state index is 0.0725. The van der Waals surface area contributed by atoms with Crippen LogP contribution in [0.3, 0.4) is 0 Å². The van der Waals surface area contributed by atoms with Gasteiger partial charge in [0.15, 0.2) is 0 Å². The van der Waals surface area contributed by atoms with Crippen LogP contribution in [0.5, 0.6) is 0 Å². The van der Waals surface area contributed by atoms with E-state index in [0.717, 1.165) is 34.2 Å². The van der Waals surface area contributed by atoms with Crippen molar-refractivity contribution in [1.29, 1.82) is 0 Å². The van der Waals surface area contributed by atoms with Gasteiger partial charge in [-0.25, -0.2) is 0 Å². The molecule has 5 heteroatoms. The van der Waals surface area contributed by atoms with E-state index in [9.17, 15) is 4.79 Å². The SMILES string of the molecule is O=C(NC1CCN(C2CC2)C1)c1ccc(Br)s1. The summed E-state index contributed by atoms with van der Waals surface area (Å²) in [5.74, 6) is 0.0725. The maximum absolute atomic E-state index is 12.0. The lowest BCUT2D eigenvalue weighted by Crippen LogP contribution is -2.37. The Hall–Kier alpha value is -0.390. The first-order chi connectivity index (χ1) is 8.22. The van der Waals surface area contributed by atoms with E-state index in [1.165, 1.54) is 24.2 Å². The average molecular weight is 315 g/mol. The molecule has 1 saturated heterocycles. The van der Waals surface area contributed by atoms with Crippen LogP contribution in [-0.4, -0.2) is 36.0 Å². The van der Waals surface area contributed by atoms with Crippen LogP contribution >= 0.6 is 27.3 Å². The van der Waals surface area contributed by atoms with Gasteiger partial charge in [0.05, 0.1) is 8.66 Å². The van der Waals surface area contributed by atoms with E-state index >= 15 is 0 Å². The van der Waals surface area contributed by atoms with Gasteiger partial charge >= 0.3 is 0 Å². The highest BCUT2D eigenvalue weighted by Gasteiger charge is 2.34. The molecule has 92 valence electrons. The Labute approximate surface area is 113 Å². The molecule has 1 aliphatic heterocycles. The fourth-order valence-electron chi connectivity index (χ4n) is 2.37. The van der Waals surface area contributed by atoms with Gasteiger partial charge in [-0.1, -0.05) is 0 Å². The lowest BCUT2D eigenvalue weighted by Gasteiger charge is -2.15. The lowest BCUT2D eigenvalue weighted by atomic mass is 10.2. The normalized spacial score (nSPS) is 25.1. The van der Waals surface area contributed by atoms with Crippen molar-refractivity contribution in [3.8, 4) is 0 Å². The lowest BCUT2D eigenvalue weighted by molar-refractivity contribution is 0.0941. The Bertz CT molecular complexity index is 430. The predicted molar refractivity (Wildman–Crippen MR) is 72.5 cm³/mol. The molecule has 1 amide bonds. The number of thiophene rings is 1. The molecule has 1 atom stereocenters. The highest BCUT2D eigenvalue weighted by molar-refractivity contribution is 9.11. The summed E-state index contributed by atoms with van der Waals surface area (Å²) in [6, 6.07) is 4.94. The highest BCUT2D eigenvalue weighted by atomic mass is 79.9. The van der Waals surface area contributed by atoms with E-state index in [2.05, 4.69) is 26.1 Å². The Kier molecular flexibility index (Phi) is 3.23. The number of likely N-dealkylation sites (tertiary alicyclic amines) is 1. The molecule has 2 aliphatic rings. The topological polar surface area (TPSA) is 32.3 Å². The molecule has 1 aromatic heterocycles. The summed E-state index contributed by atoms with van der Waals surface area (Å²) in [6.07, 6.45) is 3.78. The van der Waals surface area contributed by atoms with Gasteiger partial charge in [0.2, 0.25) is 0 Å². The van der Waals surface area contributed by atoms with E-state index in [4.69, 9.17) is 0 Å². The van der Waals surface area contributed by atoms with Gasteiger partial charge in [-0.05, 0) is 47.3 Å². The second kappa shape index (κ2) is 4.71. The number of halogens is 1. The summed E-state index contributed by atoms with van der Waals surface area (Å²) < 4.78 is 1.01. The molecule has 0 radical (unpaired) electrons. The van der Waals surface area contributed by atoms with Crippen LogP contribution in [-0.2, 0) is 0 Å². The zero-order valence-electron chi connectivity index (χ0n) is 9.49. The monoisotopic (exact) mass is 314 g/mol. The molecule has 0 bridgehead atoms. The summed E-state index contributed by atoms with van der Waals surface area (Å²) in [6.45, 7) is 2.17. The molecular weight excluding hydrogens is 300 g/mol. The predicted octanol–water partition coefficient (Wildman–Crippen LogP) is 2.48. The molecule has 1 aliphatic carbocycles. The van der Waals surface area contributed by atoms with Crippen LogP contribution in [0.2, 0.25) is 0 Å². The number of hydrogen-bond acceptors (Lipinski definition) is 3. The van der Waals surface area contributed by atoms with Gasteiger partial charge in [-0.15, -0.1) is 11.3 Å². The van der Waals surface area contributed by atoms with E-state index in [-0.39, 0.29) is 5.91 Å². The van der Waals surface area contributed by atoms with Crippen molar-refractivity contribution in [1.82, 2.24) is 10.2 Å². The maximum Gasteiger partial charge on any atom is 0.261 e. The summed E-state index contributed by atoms with van der Waals surface area (Å²) in [5, 5.41) is 3.13. The fraction of sp³-hybridized carbons (Fsp3) is 0.583. The van der Waals surface area contributed by atoms with Gasteiger partial charge in [-0.2, -0.15) is 0 Å². The van der Waals surface area contributed by atoms with Crippen LogP contribution < -0.4 is 5.32 Å². The first-order valence-corrected chi connectivity index (χ1v) is 7.63. The van der Waals surface area contributed by atoms with Crippen molar-refractivity contribution in [3.63, 3.8) is 0 Å². The largest absolute Gasteiger partial charge is 0.347 e. The van der Waals surface area contributed by atoms with Crippen molar-refractivity contribution in [2.45, 2.75) is 31.3 Å². The zero-order chi connectivity index (χ0) is 11.8. The van der Waals surface area contributed by atoms with E-state index in [1.54, 1.807) is 0 Å². The number of carbonyl (C=O) groups excluding carboxylic acids is 1. The van der Waals surface area contributed by atoms with Crippen molar-refractivity contribution < 1.29 is 4.79 Å². The summed E-state index contributed by atoms with van der Waals surface area (Å²) in [7, 11) is 0. The number of hydrogen-bond donors (Lipinski definition) is 1. The van der Waals surface area contributed by atoms with Crippen molar-refractivity contribution in [2.75, 3.05) is 13.1 Å². The molecule has 3 nitrogen and oxygen atoms in total. The van der Waals surface area contributed by atoms with Gasteiger partial charge < -0.3 is 5.32 Å². The molecule has 1 unspecified atom stereocenters. The van der Waals surface area contributed by atoms with Crippen LogP contribution in [0, 0.1) is 0 Å². The first kappa shape index (κ1) is 11.7. The molecule has 3 rings (SSSR count). The molecule has 2 fully saturated rings. The van der Waals surface area contributed by atoms with Crippen LogP contribution in [0.25, 0.3) is 0 Å². The van der Waals surface area contributed by atoms with Crippen molar-refractivity contribution in [3.05, 3.63) is 20.8 Å². The number of carbonyl (C=O) groups is 1. The summed E-state index contributed by atoms with van der Waals surface area (Å²) >= 11 is 4.87. The quantitative estimate of drug-likeness (QED) is 0.929. The minimum absolute atomic E-state index is 0.0725. The van der Waals surface area contributed by atoms with Crippen molar-refractivity contribution in [2.24, 2.45) is 0 Å². The fourth-order valence-corrected chi connectivity index (χ4v) is 3.66. The Morgan fingerprint density at radius 1 is 1.41 bits per heavy atom. The molecule has 17 heavy (non-hydrogen) atoms. The third-order valence-electron chi connectivity index (χ3n) is 3.42. The highest BCUT2D eigenvalue weighted by Crippen LogP contribution is 2.30. The second-order valence-corrected chi connectivity index (χ2v) is 7.25. The van der Waals surface area contributed by atoms with Crippen LogP contribution in [0.15, 0.2) is 15.9 Å². The molecule has 1 aromatic rings. The molecule has 0 aromatic carbocycles. The third kappa shape index (κ3) is 2.72. The number of nitrogens with one attached hydrogen (secondary N) is 1. The molecule has 1 saturated carbocycles. The maximum atomic E-state index is 12.0. The van der Waals surface area contributed by atoms with Gasteiger partial charge in [-0.3, -0.25) is 9.69 Å². The van der Waals surface area contributed by atoms with Crippen LogP contribution in [0.4, 0.5) is 0 Å². The van der Waals surface area contributed by atoms with Gasteiger partial charge in [0, 0.05) is 25.2 Å². The van der Waals surface area contributed by atoms with E-state index in [0.29, 0.717) is 6.04 Å². The standard InChI is InChI=1S/C12H15BrN2OS/c13-11-4-3-10(17-11)12(16)14-8-5-6-15(7-8)9-1-2-9/h3-4,8-9H,1-2,5-7H2,(H,14,16). The Balaban J connectivity index is 1.55. The average Bonchev–Trinajstić information content (AvgIpc) is 2.90. The number of rotatable bonds is 3. The molecular formula is C12H15BrN2OS. The Morgan fingerprint density at radius 3 is 2.88 bits per heavy atom. The molecule has 1 N–H and O–H groups in total. The minimum Gasteiger partial charge on any atom is -0.347 e. The van der Waals surface area contributed by atoms with E-state index in [1.807, 2.05) is 12.1 Å². The zero-order valence-corrected chi connectivity index (χ0v) is 11.9. The molecule has 2 heterocycles. The summed E-state index contributed by atoms with van der Waals surface area (Å²) in [5.41, 5.74) is 0. The van der Waals surface area contributed by atoms with Gasteiger partial charge in [0.25, 0.3) is 5.91 Å². The number of amides is 1. The third-order valence-corrected chi connectivity index (χ3v) is 5.04. The Morgan fingerprint density at radius 2 is 2.24 bits per heavy atom. The van der Waals surface area contributed by atoms with Gasteiger partial charge in [0.1, 0.15) is 0 Å². The molecule has 0 spiro atoms. The number of nitrogens with zero attached hydrogens (tertiary/aromatic N) is 1. The first-order valence-electron chi connectivity index (χ1n) is 6.02.